The number of hydrogen-bond acceptors (Lipinski definition) is 5. The largest absolute Gasteiger partial charge is 0.491 e. The van der Waals surface area contributed by atoms with Crippen molar-refractivity contribution in [2.24, 2.45) is 0 Å². The summed E-state index contributed by atoms with van der Waals surface area (Å²) in [6.45, 7) is 8.11. The molecule has 0 fully saturated rings. The van der Waals surface area contributed by atoms with Crippen LogP contribution in [0.4, 0.5) is 0 Å². The molecule has 1 N–H and O–H groups in total. The van der Waals surface area contributed by atoms with E-state index in [4.69, 9.17) is 13.6 Å². The number of aryl methyl sites for hydroxylation is 1. The number of aliphatic hydroxyl groups is 1. The lowest BCUT2D eigenvalue weighted by molar-refractivity contribution is 0.0579. The highest BCUT2D eigenvalue weighted by molar-refractivity contribution is 5.28. The second-order valence-electron chi connectivity index (χ2n) is 7.45. The Morgan fingerprint density at radius 1 is 1.00 bits per heavy atom. The topological polar surface area (TPSA) is 59.0 Å². The zero-order chi connectivity index (χ0) is 19.9. The van der Waals surface area contributed by atoms with E-state index in [1.54, 1.807) is 6.26 Å². The van der Waals surface area contributed by atoms with Gasteiger partial charge in [-0.25, -0.2) is 0 Å². The average molecular weight is 383 g/mol. The van der Waals surface area contributed by atoms with E-state index >= 15 is 0 Å². The molecule has 0 aliphatic carbocycles. The molecule has 0 radical (unpaired) electrons. The molecule has 5 heteroatoms. The number of furan rings is 2. The molecule has 1 aromatic carbocycles. The molecule has 1 unspecified atom stereocenters. The molecule has 2 heterocycles. The lowest BCUT2D eigenvalue weighted by Gasteiger charge is -2.23. The molecule has 150 valence electrons. The summed E-state index contributed by atoms with van der Waals surface area (Å²) in [6.07, 6.45) is 1.03. The van der Waals surface area contributed by atoms with Gasteiger partial charge < -0.3 is 18.7 Å². The summed E-state index contributed by atoms with van der Waals surface area (Å²) in [5, 5.41) is 10.5. The van der Waals surface area contributed by atoms with Crippen LogP contribution in [0, 0.1) is 6.92 Å². The third kappa shape index (κ3) is 6.01. The summed E-state index contributed by atoms with van der Waals surface area (Å²) in [6, 6.07) is 15.7. The van der Waals surface area contributed by atoms with Crippen molar-refractivity contribution in [1.29, 1.82) is 0 Å². The zero-order valence-corrected chi connectivity index (χ0v) is 16.8. The van der Waals surface area contributed by atoms with Gasteiger partial charge >= 0.3 is 0 Å². The van der Waals surface area contributed by atoms with Crippen molar-refractivity contribution in [2.75, 3.05) is 13.2 Å². The monoisotopic (exact) mass is 383 g/mol. The normalized spacial score (nSPS) is 12.6. The fourth-order valence-electron chi connectivity index (χ4n) is 3.09. The summed E-state index contributed by atoms with van der Waals surface area (Å²) < 4.78 is 16.9. The van der Waals surface area contributed by atoms with Crippen LogP contribution in [0.1, 0.15) is 42.6 Å². The van der Waals surface area contributed by atoms with Gasteiger partial charge in [0.15, 0.2) is 0 Å². The van der Waals surface area contributed by atoms with Gasteiger partial charge in [-0.1, -0.05) is 26.0 Å². The maximum absolute atomic E-state index is 10.5. The summed E-state index contributed by atoms with van der Waals surface area (Å²) in [5.41, 5.74) is 1.27. The second-order valence-corrected chi connectivity index (χ2v) is 7.45. The van der Waals surface area contributed by atoms with Crippen LogP contribution in [-0.4, -0.2) is 29.3 Å². The Kier molecular flexibility index (Phi) is 6.95. The Morgan fingerprint density at radius 3 is 2.36 bits per heavy atom. The van der Waals surface area contributed by atoms with Gasteiger partial charge in [0.05, 0.1) is 19.4 Å². The Balaban J connectivity index is 1.55. The second kappa shape index (κ2) is 9.62. The number of rotatable bonds is 10. The highest BCUT2D eigenvalue weighted by Crippen LogP contribution is 2.19. The molecule has 0 aliphatic rings. The molecule has 0 amide bonds. The SMILES string of the molecule is Cc1ccc(CN(Cc2ccco2)CC(O)COc2ccc(C(C)C)cc2)o1. The van der Waals surface area contributed by atoms with Crippen molar-refractivity contribution in [1.82, 2.24) is 4.90 Å². The number of nitrogens with zero attached hydrogens (tertiary/aromatic N) is 1. The summed E-state index contributed by atoms with van der Waals surface area (Å²) in [5.74, 6) is 3.84. The van der Waals surface area contributed by atoms with Gasteiger partial charge in [-0.2, -0.15) is 0 Å². The van der Waals surface area contributed by atoms with Crippen molar-refractivity contribution in [3.05, 3.63) is 77.6 Å². The highest BCUT2D eigenvalue weighted by atomic mass is 16.5. The minimum Gasteiger partial charge on any atom is -0.491 e. The van der Waals surface area contributed by atoms with Crippen molar-refractivity contribution in [3.8, 4) is 5.75 Å². The molecule has 0 saturated carbocycles. The van der Waals surface area contributed by atoms with Crippen LogP contribution in [0.15, 0.2) is 63.6 Å². The van der Waals surface area contributed by atoms with Gasteiger partial charge in [-0.15, -0.1) is 0 Å². The Hall–Kier alpha value is -2.50. The van der Waals surface area contributed by atoms with Crippen molar-refractivity contribution in [2.45, 2.75) is 45.9 Å². The summed E-state index contributed by atoms with van der Waals surface area (Å²) in [7, 11) is 0. The molecular weight excluding hydrogens is 354 g/mol. The summed E-state index contributed by atoms with van der Waals surface area (Å²) in [4.78, 5) is 2.09. The number of aliphatic hydroxyl groups excluding tert-OH is 1. The third-order valence-corrected chi connectivity index (χ3v) is 4.59. The molecule has 1 atom stereocenters. The lowest BCUT2D eigenvalue weighted by Crippen LogP contribution is -2.34. The highest BCUT2D eigenvalue weighted by Gasteiger charge is 2.16. The van der Waals surface area contributed by atoms with Crippen molar-refractivity contribution >= 4 is 0 Å². The van der Waals surface area contributed by atoms with E-state index < -0.39 is 6.10 Å². The molecule has 0 saturated heterocycles. The minimum absolute atomic E-state index is 0.229. The standard InChI is InChI=1S/C23H29NO4/c1-17(2)19-7-10-21(11-8-19)27-16-20(25)13-24(14-22-5-4-12-26-22)15-23-9-6-18(3)28-23/h4-12,17,20,25H,13-16H2,1-3H3. The molecule has 3 rings (SSSR count). The van der Waals surface area contributed by atoms with E-state index in [0.717, 1.165) is 23.0 Å². The van der Waals surface area contributed by atoms with Crippen LogP contribution in [0.3, 0.4) is 0 Å². The molecular formula is C23H29NO4. The van der Waals surface area contributed by atoms with E-state index in [-0.39, 0.29) is 6.61 Å². The number of hydrogen-bond donors (Lipinski definition) is 1. The van der Waals surface area contributed by atoms with Crippen LogP contribution in [0.5, 0.6) is 5.75 Å². The van der Waals surface area contributed by atoms with Crippen LogP contribution in [0.25, 0.3) is 0 Å². The molecule has 2 aromatic heterocycles. The van der Waals surface area contributed by atoms with Crippen molar-refractivity contribution in [3.63, 3.8) is 0 Å². The fraction of sp³-hybridized carbons (Fsp3) is 0.391. The van der Waals surface area contributed by atoms with E-state index in [2.05, 4.69) is 30.9 Å². The van der Waals surface area contributed by atoms with E-state index in [9.17, 15) is 5.11 Å². The van der Waals surface area contributed by atoms with E-state index in [1.165, 1.54) is 5.56 Å². The molecule has 28 heavy (non-hydrogen) atoms. The van der Waals surface area contributed by atoms with Gasteiger partial charge in [0.25, 0.3) is 0 Å². The quantitative estimate of drug-likeness (QED) is 0.548. The number of benzene rings is 1. The van der Waals surface area contributed by atoms with Gasteiger partial charge in [0, 0.05) is 6.54 Å². The minimum atomic E-state index is -0.629. The lowest BCUT2D eigenvalue weighted by atomic mass is 10.0. The van der Waals surface area contributed by atoms with Gasteiger partial charge in [-0.3, -0.25) is 4.90 Å². The first-order valence-corrected chi connectivity index (χ1v) is 9.70. The van der Waals surface area contributed by atoms with Gasteiger partial charge in [0.1, 0.15) is 35.7 Å². The Labute approximate surface area is 166 Å². The van der Waals surface area contributed by atoms with Crippen LogP contribution < -0.4 is 4.74 Å². The van der Waals surface area contributed by atoms with Crippen LogP contribution >= 0.6 is 0 Å². The molecule has 3 aromatic rings. The van der Waals surface area contributed by atoms with E-state index in [1.807, 2.05) is 43.3 Å². The van der Waals surface area contributed by atoms with Crippen LogP contribution in [0.2, 0.25) is 0 Å². The fourth-order valence-corrected chi connectivity index (χ4v) is 3.09. The van der Waals surface area contributed by atoms with Crippen molar-refractivity contribution < 1.29 is 18.7 Å². The maximum Gasteiger partial charge on any atom is 0.119 e. The smallest absolute Gasteiger partial charge is 0.119 e. The zero-order valence-electron chi connectivity index (χ0n) is 16.8. The van der Waals surface area contributed by atoms with Gasteiger partial charge in [-0.05, 0) is 54.8 Å². The summed E-state index contributed by atoms with van der Waals surface area (Å²) >= 11 is 0. The third-order valence-electron chi connectivity index (χ3n) is 4.59. The first-order valence-electron chi connectivity index (χ1n) is 9.70. The molecule has 0 aliphatic heterocycles. The first kappa shape index (κ1) is 20.2. The maximum atomic E-state index is 10.5. The Morgan fingerprint density at radius 2 is 1.75 bits per heavy atom. The average Bonchev–Trinajstić information content (AvgIpc) is 3.32. The Bertz CT molecular complexity index is 821. The predicted molar refractivity (Wildman–Crippen MR) is 108 cm³/mol. The first-order chi connectivity index (χ1) is 13.5. The van der Waals surface area contributed by atoms with Gasteiger partial charge in [0.2, 0.25) is 0 Å². The van der Waals surface area contributed by atoms with Crippen LogP contribution in [-0.2, 0) is 13.1 Å². The molecule has 0 spiro atoms. The van der Waals surface area contributed by atoms with E-state index in [0.29, 0.717) is 25.6 Å². The molecule has 0 bridgehead atoms. The molecule has 5 nitrogen and oxygen atoms in total. The predicted octanol–water partition coefficient (Wildman–Crippen LogP) is 4.75. The number of ether oxygens (including phenoxy) is 1.